The van der Waals surface area contributed by atoms with Crippen molar-refractivity contribution in [1.82, 2.24) is 0 Å². The van der Waals surface area contributed by atoms with E-state index in [1.807, 2.05) is 12.2 Å². The fourth-order valence-electron chi connectivity index (χ4n) is 2.33. The first-order valence-electron chi connectivity index (χ1n) is 9.53. The summed E-state index contributed by atoms with van der Waals surface area (Å²) < 4.78 is 0. The zero-order valence-corrected chi connectivity index (χ0v) is 15.1. The van der Waals surface area contributed by atoms with Crippen LogP contribution in [-0.2, 0) is 0 Å². The molecule has 0 radical (unpaired) electrons. The number of hydrogen-bond donors (Lipinski definition) is 0. The van der Waals surface area contributed by atoms with Crippen molar-refractivity contribution < 1.29 is 0 Å². The molecule has 0 aromatic rings. The third-order valence-corrected chi connectivity index (χ3v) is 3.76. The SMILES string of the molecule is CCCCCCCCC#C/C=C\C#CCCCCCCCC. The minimum absolute atomic E-state index is 1.03. The highest BCUT2D eigenvalue weighted by molar-refractivity contribution is 5.24. The van der Waals surface area contributed by atoms with Crippen LogP contribution in [0.3, 0.4) is 0 Å². The molecule has 0 N–H and O–H groups in total. The molecule has 0 unspecified atom stereocenters. The Labute approximate surface area is 140 Å². The second kappa shape index (κ2) is 19.9. The summed E-state index contributed by atoms with van der Waals surface area (Å²) in [5, 5.41) is 0. The van der Waals surface area contributed by atoms with E-state index in [0.717, 1.165) is 12.8 Å². The maximum Gasteiger partial charge on any atom is 0.00922 e. The van der Waals surface area contributed by atoms with Crippen LogP contribution >= 0.6 is 0 Å². The van der Waals surface area contributed by atoms with E-state index in [1.165, 1.54) is 77.0 Å². The van der Waals surface area contributed by atoms with Crippen molar-refractivity contribution in [2.75, 3.05) is 0 Å². The molecular formula is C22H36. The van der Waals surface area contributed by atoms with Gasteiger partial charge in [0, 0.05) is 12.8 Å². The molecule has 0 aliphatic carbocycles. The zero-order chi connectivity index (χ0) is 16.1. The topological polar surface area (TPSA) is 0 Å². The van der Waals surface area contributed by atoms with Crippen LogP contribution in [0.15, 0.2) is 12.2 Å². The molecule has 0 aromatic carbocycles. The van der Waals surface area contributed by atoms with Crippen molar-refractivity contribution in [2.45, 2.75) is 104 Å². The molecular weight excluding hydrogens is 264 g/mol. The highest BCUT2D eigenvalue weighted by Gasteiger charge is 1.88. The summed E-state index contributed by atoms with van der Waals surface area (Å²) in [7, 11) is 0. The van der Waals surface area contributed by atoms with E-state index >= 15 is 0 Å². The first kappa shape index (κ1) is 20.9. The molecule has 0 aromatic heterocycles. The number of allylic oxidation sites excluding steroid dienone is 2. The Morgan fingerprint density at radius 3 is 1.27 bits per heavy atom. The fraction of sp³-hybridized carbons (Fsp3) is 0.727. The minimum atomic E-state index is 1.03. The monoisotopic (exact) mass is 300 g/mol. The van der Waals surface area contributed by atoms with Crippen molar-refractivity contribution in [3.63, 3.8) is 0 Å². The standard InChI is InChI=1S/C22H36/c1-3-5-7-9-11-13-15-17-19-21-22-20-18-16-14-12-10-8-6-4-2/h21-22H,3-16H2,1-2H3/b22-21-. The molecule has 0 heterocycles. The van der Waals surface area contributed by atoms with E-state index in [2.05, 4.69) is 37.5 Å². The predicted octanol–water partition coefficient (Wildman–Crippen LogP) is 7.05. The van der Waals surface area contributed by atoms with Gasteiger partial charge in [-0.3, -0.25) is 0 Å². The average Bonchev–Trinajstić information content (AvgIpc) is 2.54. The van der Waals surface area contributed by atoms with Gasteiger partial charge in [-0.25, -0.2) is 0 Å². The van der Waals surface area contributed by atoms with Gasteiger partial charge in [-0.2, -0.15) is 0 Å². The van der Waals surface area contributed by atoms with E-state index in [9.17, 15) is 0 Å². The Kier molecular flexibility index (Phi) is 18.8. The predicted molar refractivity (Wildman–Crippen MR) is 101 cm³/mol. The van der Waals surface area contributed by atoms with Crippen LogP contribution in [-0.4, -0.2) is 0 Å². The van der Waals surface area contributed by atoms with Crippen molar-refractivity contribution in [2.24, 2.45) is 0 Å². The maximum atomic E-state index is 3.20. The van der Waals surface area contributed by atoms with Crippen LogP contribution < -0.4 is 0 Å². The van der Waals surface area contributed by atoms with Gasteiger partial charge in [0.1, 0.15) is 0 Å². The summed E-state index contributed by atoms with van der Waals surface area (Å²) in [6.45, 7) is 4.52. The molecule has 0 atom stereocenters. The van der Waals surface area contributed by atoms with E-state index in [-0.39, 0.29) is 0 Å². The second-order valence-electron chi connectivity index (χ2n) is 6.01. The molecule has 0 rings (SSSR count). The van der Waals surface area contributed by atoms with Crippen LogP contribution in [0.4, 0.5) is 0 Å². The van der Waals surface area contributed by atoms with Gasteiger partial charge in [0.2, 0.25) is 0 Å². The molecule has 22 heavy (non-hydrogen) atoms. The Hall–Kier alpha value is -1.14. The Morgan fingerprint density at radius 1 is 0.500 bits per heavy atom. The van der Waals surface area contributed by atoms with Crippen LogP contribution in [0.25, 0.3) is 0 Å². The van der Waals surface area contributed by atoms with E-state index in [1.54, 1.807) is 0 Å². The Morgan fingerprint density at radius 2 is 0.864 bits per heavy atom. The quantitative estimate of drug-likeness (QED) is 0.267. The van der Waals surface area contributed by atoms with E-state index in [4.69, 9.17) is 0 Å². The van der Waals surface area contributed by atoms with Crippen LogP contribution in [0.5, 0.6) is 0 Å². The molecule has 0 heteroatoms. The lowest BCUT2D eigenvalue weighted by atomic mass is 10.1. The highest BCUT2D eigenvalue weighted by Crippen LogP contribution is 2.06. The summed E-state index contributed by atoms with van der Waals surface area (Å²) in [6.07, 6.45) is 21.9. The van der Waals surface area contributed by atoms with Gasteiger partial charge in [0.15, 0.2) is 0 Å². The lowest BCUT2D eigenvalue weighted by Gasteiger charge is -1.96. The van der Waals surface area contributed by atoms with Gasteiger partial charge < -0.3 is 0 Å². The average molecular weight is 301 g/mol. The Balaban J connectivity index is 3.36. The maximum absolute atomic E-state index is 3.20. The first-order valence-corrected chi connectivity index (χ1v) is 9.53. The van der Waals surface area contributed by atoms with Crippen molar-refractivity contribution in [3.05, 3.63) is 12.2 Å². The molecule has 0 nitrogen and oxygen atoms in total. The van der Waals surface area contributed by atoms with Crippen LogP contribution in [0.2, 0.25) is 0 Å². The van der Waals surface area contributed by atoms with Gasteiger partial charge in [-0.1, -0.05) is 102 Å². The zero-order valence-electron chi connectivity index (χ0n) is 15.1. The highest BCUT2D eigenvalue weighted by atomic mass is 13.9. The van der Waals surface area contributed by atoms with Gasteiger partial charge >= 0.3 is 0 Å². The van der Waals surface area contributed by atoms with Crippen molar-refractivity contribution in [3.8, 4) is 23.7 Å². The summed E-state index contributed by atoms with van der Waals surface area (Å²) >= 11 is 0. The molecule has 0 bridgehead atoms. The molecule has 0 fully saturated rings. The van der Waals surface area contributed by atoms with Gasteiger partial charge in [-0.15, -0.1) is 0 Å². The lowest BCUT2D eigenvalue weighted by Crippen LogP contribution is -1.77. The minimum Gasteiger partial charge on any atom is -0.0985 e. The van der Waals surface area contributed by atoms with Gasteiger partial charge in [0.25, 0.3) is 0 Å². The summed E-state index contributed by atoms with van der Waals surface area (Å²) in [5.74, 6) is 12.6. The third-order valence-electron chi connectivity index (χ3n) is 3.76. The molecule has 0 saturated carbocycles. The molecule has 0 saturated heterocycles. The van der Waals surface area contributed by atoms with Crippen LogP contribution in [0, 0.1) is 23.7 Å². The second-order valence-corrected chi connectivity index (χ2v) is 6.01. The molecule has 124 valence electrons. The molecule has 0 aliphatic heterocycles. The summed E-state index contributed by atoms with van der Waals surface area (Å²) in [4.78, 5) is 0. The van der Waals surface area contributed by atoms with E-state index in [0.29, 0.717) is 0 Å². The van der Waals surface area contributed by atoms with Gasteiger partial charge in [-0.05, 0) is 25.0 Å². The number of rotatable bonds is 12. The Bertz CT molecular complexity index is 317. The van der Waals surface area contributed by atoms with Crippen molar-refractivity contribution in [1.29, 1.82) is 0 Å². The fourth-order valence-corrected chi connectivity index (χ4v) is 2.33. The smallest absolute Gasteiger partial charge is 0.00922 e. The molecule has 0 amide bonds. The number of unbranched alkanes of at least 4 members (excludes halogenated alkanes) is 12. The largest absolute Gasteiger partial charge is 0.0985 e. The van der Waals surface area contributed by atoms with Crippen molar-refractivity contribution >= 4 is 0 Å². The first-order chi connectivity index (χ1) is 10.9. The number of hydrogen-bond acceptors (Lipinski definition) is 0. The summed E-state index contributed by atoms with van der Waals surface area (Å²) in [5.41, 5.74) is 0. The van der Waals surface area contributed by atoms with Gasteiger partial charge in [0.05, 0.1) is 0 Å². The lowest BCUT2D eigenvalue weighted by molar-refractivity contribution is 0.614. The third kappa shape index (κ3) is 18.9. The molecule has 0 aliphatic rings. The van der Waals surface area contributed by atoms with E-state index < -0.39 is 0 Å². The van der Waals surface area contributed by atoms with Crippen LogP contribution in [0.1, 0.15) is 104 Å². The summed E-state index contributed by atoms with van der Waals surface area (Å²) in [6, 6.07) is 0. The normalized spacial score (nSPS) is 10.1. The molecule has 0 spiro atoms.